The molecule has 3 nitrogen and oxygen atoms in total. The molecule has 0 aromatic heterocycles. The van der Waals surface area contributed by atoms with Crippen molar-refractivity contribution in [1.29, 1.82) is 0 Å². The molecule has 1 atom stereocenters. The Morgan fingerprint density at radius 2 is 1.57 bits per heavy atom. The van der Waals surface area contributed by atoms with Crippen molar-refractivity contribution >= 4 is 29.0 Å². The third kappa shape index (κ3) is 1.93. The summed E-state index contributed by atoms with van der Waals surface area (Å²) in [5.74, 6) is -0.599. The molecule has 0 bridgehead atoms. The van der Waals surface area contributed by atoms with Crippen LogP contribution in [0.2, 0.25) is 5.02 Å². The van der Waals surface area contributed by atoms with Gasteiger partial charge in [-0.2, -0.15) is 0 Å². The molecule has 0 heterocycles. The maximum Gasteiger partial charge on any atom is 0.177 e. The highest BCUT2D eigenvalue weighted by Gasteiger charge is 2.68. The maximum absolute atomic E-state index is 12.6. The lowest BCUT2D eigenvalue weighted by Crippen LogP contribution is -2.20. The Balaban J connectivity index is 1.59. The SMILES string of the molecule is O=C(CC1CC12C(=O)c1ccccc1C2=O)c1ccccc1Cl. The van der Waals surface area contributed by atoms with Crippen molar-refractivity contribution in [2.24, 2.45) is 11.3 Å². The van der Waals surface area contributed by atoms with E-state index >= 15 is 0 Å². The molecule has 23 heavy (non-hydrogen) atoms. The predicted molar refractivity (Wildman–Crippen MR) is 86.0 cm³/mol. The van der Waals surface area contributed by atoms with Crippen molar-refractivity contribution in [2.45, 2.75) is 12.8 Å². The topological polar surface area (TPSA) is 51.2 Å². The molecule has 1 spiro atoms. The van der Waals surface area contributed by atoms with Crippen molar-refractivity contribution in [3.63, 3.8) is 0 Å². The molecular formula is C19H13ClO3. The van der Waals surface area contributed by atoms with Crippen molar-refractivity contribution < 1.29 is 14.4 Å². The van der Waals surface area contributed by atoms with E-state index in [2.05, 4.69) is 0 Å². The fourth-order valence-corrected chi connectivity index (χ4v) is 3.86. The summed E-state index contributed by atoms with van der Waals surface area (Å²) < 4.78 is 0. The molecule has 0 aliphatic heterocycles. The number of carbonyl (C=O) groups is 3. The maximum atomic E-state index is 12.6. The lowest BCUT2D eigenvalue weighted by atomic mass is 9.94. The molecule has 2 aliphatic carbocycles. The number of hydrogen-bond donors (Lipinski definition) is 0. The van der Waals surface area contributed by atoms with Gasteiger partial charge in [-0.15, -0.1) is 0 Å². The Morgan fingerprint density at radius 3 is 2.17 bits per heavy atom. The van der Waals surface area contributed by atoms with E-state index in [0.717, 1.165) is 0 Å². The zero-order valence-corrected chi connectivity index (χ0v) is 13.0. The molecule has 0 amide bonds. The second kappa shape index (κ2) is 4.87. The normalized spacial score (nSPS) is 20.7. The van der Waals surface area contributed by atoms with Gasteiger partial charge in [0, 0.05) is 23.1 Å². The van der Waals surface area contributed by atoms with Crippen LogP contribution < -0.4 is 0 Å². The Morgan fingerprint density at radius 1 is 1.00 bits per heavy atom. The summed E-state index contributed by atoms with van der Waals surface area (Å²) in [7, 11) is 0. The monoisotopic (exact) mass is 324 g/mol. The molecule has 0 N–H and O–H groups in total. The molecule has 0 saturated heterocycles. The number of rotatable bonds is 3. The van der Waals surface area contributed by atoms with Gasteiger partial charge in [0.15, 0.2) is 17.3 Å². The van der Waals surface area contributed by atoms with Crippen LogP contribution in [0.1, 0.15) is 43.9 Å². The van der Waals surface area contributed by atoms with Crippen LogP contribution in [-0.2, 0) is 0 Å². The van der Waals surface area contributed by atoms with E-state index in [0.29, 0.717) is 28.1 Å². The van der Waals surface area contributed by atoms with E-state index < -0.39 is 5.41 Å². The highest BCUT2D eigenvalue weighted by molar-refractivity contribution is 6.34. The number of benzene rings is 2. The first kappa shape index (κ1) is 14.3. The molecule has 4 rings (SSSR count). The van der Waals surface area contributed by atoms with E-state index in [1.165, 1.54) is 0 Å². The quantitative estimate of drug-likeness (QED) is 0.633. The Bertz CT molecular complexity index is 833. The largest absolute Gasteiger partial charge is 0.294 e. The summed E-state index contributed by atoms with van der Waals surface area (Å²) in [6, 6.07) is 13.8. The summed E-state index contributed by atoms with van der Waals surface area (Å²) in [4.78, 5) is 37.7. The Labute approximate surface area is 138 Å². The molecular weight excluding hydrogens is 312 g/mol. The first-order valence-electron chi connectivity index (χ1n) is 7.52. The third-order valence-electron chi connectivity index (χ3n) is 4.94. The first-order valence-corrected chi connectivity index (χ1v) is 7.90. The molecule has 0 radical (unpaired) electrons. The van der Waals surface area contributed by atoms with Gasteiger partial charge in [0.1, 0.15) is 5.41 Å². The summed E-state index contributed by atoms with van der Waals surface area (Å²) >= 11 is 6.05. The fraction of sp³-hybridized carbons (Fsp3) is 0.211. The number of hydrogen-bond acceptors (Lipinski definition) is 3. The highest BCUT2D eigenvalue weighted by atomic mass is 35.5. The van der Waals surface area contributed by atoms with Crippen LogP contribution in [0.15, 0.2) is 48.5 Å². The fourth-order valence-electron chi connectivity index (χ4n) is 3.62. The molecule has 2 aliphatic rings. The first-order chi connectivity index (χ1) is 11.1. The van der Waals surface area contributed by atoms with Crippen LogP contribution in [0.5, 0.6) is 0 Å². The second-order valence-electron chi connectivity index (χ2n) is 6.18. The van der Waals surface area contributed by atoms with Crippen LogP contribution in [0.3, 0.4) is 0 Å². The van der Waals surface area contributed by atoms with Crippen molar-refractivity contribution in [1.82, 2.24) is 0 Å². The van der Waals surface area contributed by atoms with Gasteiger partial charge in [0.2, 0.25) is 0 Å². The van der Waals surface area contributed by atoms with Gasteiger partial charge in [-0.1, -0.05) is 48.0 Å². The molecule has 2 aromatic rings. The Kier molecular flexibility index (Phi) is 3.03. The average molecular weight is 325 g/mol. The third-order valence-corrected chi connectivity index (χ3v) is 5.27. The molecule has 2 aromatic carbocycles. The minimum Gasteiger partial charge on any atom is -0.294 e. The van der Waals surface area contributed by atoms with Crippen molar-refractivity contribution in [3.05, 3.63) is 70.2 Å². The average Bonchev–Trinajstić information content (AvgIpc) is 3.23. The lowest BCUT2D eigenvalue weighted by molar-refractivity contribution is 0.0795. The van der Waals surface area contributed by atoms with Crippen molar-refractivity contribution in [3.8, 4) is 0 Å². The van der Waals surface area contributed by atoms with Gasteiger partial charge >= 0.3 is 0 Å². The van der Waals surface area contributed by atoms with E-state index in [1.807, 2.05) is 0 Å². The van der Waals surface area contributed by atoms with Gasteiger partial charge in [0.25, 0.3) is 0 Å². The van der Waals surface area contributed by atoms with E-state index in [1.54, 1.807) is 48.5 Å². The van der Waals surface area contributed by atoms with Crippen LogP contribution in [0.4, 0.5) is 0 Å². The summed E-state index contributed by atoms with van der Waals surface area (Å²) in [5.41, 5.74) is 0.433. The molecule has 1 fully saturated rings. The molecule has 1 saturated carbocycles. The number of Topliss-reactive ketones (excluding diaryl/α,β-unsaturated/α-hetero) is 3. The zero-order valence-electron chi connectivity index (χ0n) is 12.2. The van der Waals surface area contributed by atoms with E-state index in [4.69, 9.17) is 11.6 Å². The number of fused-ring (bicyclic) bond motifs is 1. The number of halogens is 1. The van der Waals surface area contributed by atoms with Crippen LogP contribution in [0.25, 0.3) is 0 Å². The Hall–Kier alpha value is -2.26. The number of carbonyl (C=O) groups excluding carboxylic acids is 3. The van der Waals surface area contributed by atoms with Gasteiger partial charge in [-0.3, -0.25) is 14.4 Å². The smallest absolute Gasteiger partial charge is 0.177 e. The standard InChI is InChI=1S/C19H13ClO3/c20-15-8-4-3-7-14(15)16(21)9-11-10-19(11)17(22)12-5-1-2-6-13(12)18(19)23/h1-8,11H,9-10H2. The van der Waals surface area contributed by atoms with E-state index in [-0.39, 0.29) is 29.7 Å². The van der Waals surface area contributed by atoms with Gasteiger partial charge in [-0.25, -0.2) is 0 Å². The van der Waals surface area contributed by atoms with Crippen LogP contribution >= 0.6 is 11.6 Å². The van der Waals surface area contributed by atoms with Crippen LogP contribution in [0, 0.1) is 11.3 Å². The number of ketones is 3. The molecule has 114 valence electrons. The van der Waals surface area contributed by atoms with Crippen LogP contribution in [-0.4, -0.2) is 17.3 Å². The summed E-state index contributed by atoms with van der Waals surface area (Å²) in [5, 5.41) is 0.402. The highest BCUT2D eigenvalue weighted by Crippen LogP contribution is 2.61. The predicted octanol–water partition coefficient (Wildman–Crippen LogP) is 4.00. The second-order valence-corrected chi connectivity index (χ2v) is 6.59. The van der Waals surface area contributed by atoms with Crippen molar-refractivity contribution in [2.75, 3.05) is 0 Å². The lowest BCUT2D eigenvalue weighted by Gasteiger charge is -2.06. The van der Waals surface area contributed by atoms with E-state index in [9.17, 15) is 14.4 Å². The van der Waals surface area contributed by atoms with Gasteiger partial charge in [0.05, 0.1) is 5.02 Å². The van der Waals surface area contributed by atoms with Gasteiger partial charge in [-0.05, 0) is 24.5 Å². The minimum absolute atomic E-state index is 0.117. The minimum atomic E-state index is -0.999. The molecule has 1 unspecified atom stereocenters. The summed E-state index contributed by atoms with van der Waals surface area (Å²) in [6.07, 6.45) is 0.630. The zero-order chi connectivity index (χ0) is 16.2. The van der Waals surface area contributed by atoms with Gasteiger partial charge < -0.3 is 0 Å². The molecule has 4 heteroatoms. The summed E-state index contributed by atoms with van der Waals surface area (Å²) in [6.45, 7) is 0.